The number of aromatic nitrogens is 2. The Kier molecular flexibility index (Phi) is 4.41. The molecule has 0 fully saturated rings. The fourth-order valence-electron chi connectivity index (χ4n) is 2.57. The van der Waals surface area contributed by atoms with Crippen LogP contribution in [-0.4, -0.2) is 23.1 Å². The average Bonchev–Trinajstić information content (AvgIpc) is 2.82. The fraction of sp³-hybridized carbons (Fsp3) is 0.294. The standard InChI is InChI=1S/C17H18ClN3OS/c1-9(2)19-15-14-13(11-5-7-12(22-4)8-6-11)10(3)23-16(14)21-17(18)20-15/h5-9H,1-4H3,(H,19,20,21). The predicted octanol–water partition coefficient (Wildman–Crippen LogP) is 5.15. The number of fused-ring (bicyclic) bond motifs is 1. The summed E-state index contributed by atoms with van der Waals surface area (Å²) in [7, 11) is 1.67. The van der Waals surface area contributed by atoms with Gasteiger partial charge in [-0.3, -0.25) is 0 Å². The molecule has 0 saturated carbocycles. The van der Waals surface area contributed by atoms with Gasteiger partial charge in [-0.25, -0.2) is 9.97 Å². The van der Waals surface area contributed by atoms with Gasteiger partial charge in [0, 0.05) is 16.5 Å². The van der Waals surface area contributed by atoms with Gasteiger partial charge in [0.15, 0.2) is 0 Å². The Labute approximate surface area is 144 Å². The molecular formula is C17H18ClN3OS. The highest BCUT2D eigenvalue weighted by Gasteiger charge is 2.18. The molecule has 2 heterocycles. The molecule has 6 heteroatoms. The quantitative estimate of drug-likeness (QED) is 0.663. The van der Waals surface area contributed by atoms with Crippen molar-refractivity contribution in [2.45, 2.75) is 26.8 Å². The number of halogens is 1. The van der Waals surface area contributed by atoms with E-state index in [1.54, 1.807) is 18.4 Å². The van der Waals surface area contributed by atoms with Gasteiger partial charge in [0.1, 0.15) is 16.4 Å². The van der Waals surface area contributed by atoms with Crippen LogP contribution >= 0.6 is 22.9 Å². The van der Waals surface area contributed by atoms with Crippen molar-refractivity contribution in [1.82, 2.24) is 9.97 Å². The topological polar surface area (TPSA) is 47.0 Å². The third kappa shape index (κ3) is 3.12. The molecule has 3 rings (SSSR count). The summed E-state index contributed by atoms with van der Waals surface area (Å²) >= 11 is 7.71. The number of thiophene rings is 1. The maximum atomic E-state index is 6.08. The molecule has 120 valence electrons. The van der Waals surface area contributed by atoms with Crippen LogP contribution in [0.3, 0.4) is 0 Å². The molecule has 2 aromatic heterocycles. The molecular weight excluding hydrogens is 330 g/mol. The number of nitrogens with one attached hydrogen (secondary N) is 1. The summed E-state index contributed by atoms with van der Waals surface area (Å²) in [5.41, 5.74) is 2.26. The molecule has 0 saturated heterocycles. The van der Waals surface area contributed by atoms with E-state index in [1.165, 1.54) is 4.88 Å². The summed E-state index contributed by atoms with van der Waals surface area (Å²) in [5.74, 6) is 1.62. The number of anilines is 1. The molecule has 0 unspecified atom stereocenters. The number of aryl methyl sites for hydroxylation is 1. The summed E-state index contributed by atoms with van der Waals surface area (Å²) in [4.78, 5) is 10.9. The van der Waals surface area contributed by atoms with Gasteiger partial charge in [-0.2, -0.15) is 0 Å². The molecule has 0 aliphatic heterocycles. The van der Waals surface area contributed by atoms with E-state index in [4.69, 9.17) is 16.3 Å². The summed E-state index contributed by atoms with van der Waals surface area (Å²) in [6.45, 7) is 6.25. The maximum Gasteiger partial charge on any atom is 0.225 e. The molecule has 1 aromatic carbocycles. The van der Waals surface area contributed by atoms with Gasteiger partial charge in [0.05, 0.1) is 12.5 Å². The second-order valence-electron chi connectivity index (χ2n) is 5.58. The van der Waals surface area contributed by atoms with E-state index in [0.29, 0.717) is 0 Å². The second-order valence-corrected chi connectivity index (χ2v) is 7.12. The molecule has 0 aliphatic rings. The van der Waals surface area contributed by atoms with Crippen LogP contribution in [0.4, 0.5) is 5.82 Å². The van der Waals surface area contributed by atoms with E-state index in [9.17, 15) is 0 Å². The second kappa shape index (κ2) is 6.34. The van der Waals surface area contributed by atoms with Crippen LogP contribution in [0.2, 0.25) is 5.28 Å². The minimum Gasteiger partial charge on any atom is -0.497 e. The summed E-state index contributed by atoms with van der Waals surface area (Å²) in [6.07, 6.45) is 0. The minimum atomic E-state index is 0.257. The smallest absolute Gasteiger partial charge is 0.225 e. The fourth-order valence-corrected chi connectivity index (χ4v) is 3.83. The van der Waals surface area contributed by atoms with Crippen LogP contribution in [0.1, 0.15) is 18.7 Å². The number of methoxy groups -OCH3 is 1. The number of rotatable bonds is 4. The van der Waals surface area contributed by atoms with Gasteiger partial charge in [-0.1, -0.05) is 12.1 Å². The number of nitrogens with zero attached hydrogens (tertiary/aromatic N) is 2. The Morgan fingerprint density at radius 1 is 1.17 bits per heavy atom. The normalized spacial score (nSPS) is 11.2. The van der Waals surface area contributed by atoms with E-state index >= 15 is 0 Å². The first-order chi connectivity index (χ1) is 11.0. The lowest BCUT2D eigenvalue weighted by atomic mass is 10.0. The van der Waals surface area contributed by atoms with E-state index in [1.807, 2.05) is 12.1 Å². The molecule has 1 N–H and O–H groups in total. The van der Waals surface area contributed by atoms with E-state index in [2.05, 4.69) is 48.2 Å². The van der Waals surface area contributed by atoms with Crippen molar-refractivity contribution < 1.29 is 4.74 Å². The predicted molar refractivity (Wildman–Crippen MR) is 97.9 cm³/mol. The Morgan fingerprint density at radius 2 is 1.87 bits per heavy atom. The lowest BCUT2D eigenvalue weighted by molar-refractivity contribution is 0.415. The van der Waals surface area contributed by atoms with Crippen LogP contribution in [-0.2, 0) is 0 Å². The highest BCUT2D eigenvalue weighted by molar-refractivity contribution is 7.19. The summed E-state index contributed by atoms with van der Waals surface area (Å²) in [5, 5.41) is 4.67. The first-order valence-corrected chi connectivity index (χ1v) is 8.56. The number of hydrogen-bond donors (Lipinski definition) is 1. The van der Waals surface area contributed by atoms with Crippen LogP contribution in [0.15, 0.2) is 24.3 Å². The summed E-state index contributed by atoms with van der Waals surface area (Å²) in [6, 6.07) is 8.30. The monoisotopic (exact) mass is 347 g/mol. The van der Waals surface area contributed by atoms with Gasteiger partial charge in [-0.15, -0.1) is 11.3 Å². The molecule has 0 bridgehead atoms. The van der Waals surface area contributed by atoms with Crippen molar-refractivity contribution in [3.8, 4) is 16.9 Å². The van der Waals surface area contributed by atoms with Crippen molar-refractivity contribution in [2.75, 3.05) is 12.4 Å². The number of benzene rings is 1. The summed E-state index contributed by atoms with van der Waals surface area (Å²) < 4.78 is 5.24. The molecule has 4 nitrogen and oxygen atoms in total. The lowest BCUT2D eigenvalue weighted by Crippen LogP contribution is -2.11. The first kappa shape index (κ1) is 16.0. The van der Waals surface area contributed by atoms with Gasteiger partial charge in [-0.05, 0) is 50.1 Å². The zero-order valence-electron chi connectivity index (χ0n) is 13.5. The molecule has 0 amide bonds. The average molecular weight is 348 g/mol. The maximum absolute atomic E-state index is 6.08. The third-order valence-corrected chi connectivity index (χ3v) is 4.67. The van der Waals surface area contributed by atoms with Crippen LogP contribution in [0.5, 0.6) is 5.75 Å². The van der Waals surface area contributed by atoms with Crippen molar-refractivity contribution >= 4 is 39.0 Å². The first-order valence-electron chi connectivity index (χ1n) is 7.37. The van der Waals surface area contributed by atoms with Crippen LogP contribution < -0.4 is 10.1 Å². The SMILES string of the molecule is COc1ccc(-c2c(C)sc3nc(Cl)nc(NC(C)C)c23)cc1. The van der Waals surface area contributed by atoms with Crippen molar-refractivity contribution in [3.05, 3.63) is 34.4 Å². The Morgan fingerprint density at radius 3 is 2.48 bits per heavy atom. The van der Waals surface area contributed by atoms with Gasteiger partial charge in [0.2, 0.25) is 5.28 Å². The lowest BCUT2D eigenvalue weighted by Gasteiger charge is -2.12. The minimum absolute atomic E-state index is 0.257. The van der Waals surface area contributed by atoms with Crippen molar-refractivity contribution in [2.24, 2.45) is 0 Å². The molecule has 3 aromatic rings. The highest BCUT2D eigenvalue weighted by Crippen LogP contribution is 2.41. The number of hydrogen-bond acceptors (Lipinski definition) is 5. The molecule has 0 aliphatic carbocycles. The Bertz CT molecular complexity index is 843. The van der Waals surface area contributed by atoms with Crippen molar-refractivity contribution in [3.63, 3.8) is 0 Å². The van der Waals surface area contributed by atoms with Gasteiger partial charge < -0.3 is 10.1 Å². The molecule has 0 spiro atoms. The van der Waals surface area contributed by atoms with E-state index in [-0.39, 0.29) is 11.3 Å². The Balaban J connectivity index is 2.24. The Hall–Kier alpha value is -1.85. The third-order valence-electron chi connectivity index (χ3n) is 3.50. The zero-order valence-corrected chi connectivity index (χ0v) is 15.0. The zero-order chi connectivity index (χ0) is 16.6. The highest BCUT2D eigenvalue weighted by atomic mass is 35.5. The van der Waals surface area contributed by atoms with Crippen LogP contribution in [0, 0.1) is 6.92 Å². The largest absolute Gasteiger partial charge is 0.497 e. The molecule has 0 atom stereocenters. The van der Waals surface area contributed by atoms with Gasteiger partial charge in [0.25, 0.3) is 0 Å². The molecule has 0 radical (unpaired) electrons. The number of ether oxygens (including phenoxy) is 1. The van der Waals surface area contributed by atoms with Crippen molar-refractivity contribution in [1.29, 1.82) is 0 Å². The van der Waals surface area contributed by atoms with Crippen LogP contribution in [0.25, 0.3) is 21.3 Å². The molecule has 23 heavy (non-hydrogen) atoms. The van der Waals surface area contributed by atoms with Gasteiger partial charge >= 0.3 is 0 Å². The van der Waals surface area contributed by atoms with E-state index < -0.39 is 0 Å². The van der Waals surface area contributed by atoms with E-state index in [0.717, 1.165) is 32.9 Å².